The van der Waals surface area contributed by atoms with E-state index in [0.29, 0.717) is 16.3 Å². The number of carbonyl (C=O) groups is 2. The Bertz CT molecular complexity index is 966. The van der Waals surface area contributed by atoms with Gasteiger partial charge < -0.3 is 9.64 Å². The minimum atomic E-state index is -0.488. The number of para-hydroxylation sites is 1. The van der Waals surface area contributed by atoms with Crippen LogP contribution in [0.2, 0.25) is 5.02 Å². The fraction of sp³-hybridized carbons (Fsp3) is 0.190. The maximum Gasteiger partial charge on any atom is 0.310 e. The molecule has 144 valence electrons. The van der Waals surface area contributed by atoms with E-state index < -0.39 is 5.97 Å². The van der Waals surface area contributed by atoms with Gasteiger partial charge in [0.15, 0.2) is 6.61 Å². The van der Waals surface area contributed by atoms with E-state index in [1.807, 2.05) is 42.5 Å². The number of esters is 1. The molecule has 1 heterocycles. The number of hydrogen-bond donors (Lipinski definition) is 0. The van der Waals surface area contributed by atoms with Gasteiger partial charge in [0, 0.05) is 36.4 Å². The van der Waals surface area contributed by atoms with Crippen LogP contribution in [0.15, 0.2) is 60.8 Å². The van der Waals surface area contributed by atoms with E-state index in [-0.39, 0.29) is 18.9 Å². The van der Waals surface area contributed by atoms with E-state index in [2.05, 4.69) is 5.10 Å². The number of benzene rings is 2. The normalized spacial score (nSPS) is 10.5. The van der Waals surface area contributed by atoms with Crippen LogP contribution in [0.4, 0.5) is 0 Å². The molecule has 0 aliphatic carbocycles. The zero-order valence-corrected chi connectivity index (χ0v) is 16.4. The molecule has 0 N–H and O–H groups in total. The highest BCUT2D eigenvalue weighted by molar-refractivity contribution is 6.30. The van der Waals surface area contributed by atoms with Crippen molar-refractivity contribution in [2.45, 2.75) is 6.42 Å². The minimum Gasteiger partial charge on any atom is -0.455 e. The Labute approximate surface area is 168 Å². The van der Waals surface area contributed by atoms with Gasteiger partial charge in [0.1, 0.15) is 0 Å². The minimum absolute atomic E-state index is 0.00546. The van der Waals surface area contributed by atoms with Crippen LogP contribution in [-0.2, 0) is 20.7 Å². The Kier molecular flexibility index (Phi) is 6.11. The smallest absolute Gasteiger partial charge is 0.310 e. The summed E-state index contributed by atoms with van der Waals surface area (Å²) in [6.07, 6.45) is 1.81. The van der Waals surface area contributed by atoms with Crippen molar-refractivity contribution in [1.82, 2.24) is 14.7 Å². The number of halogens is 1. The molecule has 0 fully saturated rings. The molecule has 6 nitrogen and oxygen atoms in total. The average molecular weight is 398 g/mol. The lowest BCUT2D eigenvalue weighted by Gasteiger charge is -2.10. The summed E-state index contributed by atoms with van der Waals surface area (Å²) in [7, 11) is 3.22. The third kappa shape index (κ3) is 4.78. The number of rotatable bonds is 6. The van der Waals surface area contributed by atoms with Gasteiger partial charge in [-0.05, 0) is 24.3 Å². The maximum atomic E-state index is 12.3. The number of aromatic nitrogens is 2. The number of amides is 1. The first kappa shape index (κ1) is 19.6. The van der Waals surface area contributed by atoms with Crippen molar-refractivity contribution < 1.29 is 14.3 Å². The van der Waals surface area contributed by atoms with Crippen molar-refractivity contribution in [1.29, 1.82) is 0 Å². The average Bonchev–Trinajstić information content (AvgIpc) is 3.11. The number of nitrogens with zero attached hydrogens (tertiary/aromatic N) is 3. The molecule has 28 heavy (non-hydrogen) atoms. The predicted octanol–water partition coefficient (Wildman–Crippen LogP) is 3.37. The molecule has 0 atom stereocenters. The Morgan fingerprint density at radius 2 is 1.75 bits per heavy atom. The lowest BCUT2D eigenvalue weighted by molar-refractivity contribution is -0.150. The zero-order chi connectivity index (χ0) is 20.1. The van der Waals surface area contributed by atoms with Crippen molar-refractivity contribution in [3.63, 3.8) is 0 Å². The van der Waals surface area contributed by atoms with Crippen LogP contribution in [0, 0.1) is 0 Å². The summed E-state index contributed by atoms with van der Waals surface area (Å²) in [5, 5.41) is 5.27. The Morgan fingerprint density at radius 3 is 2.39 bits per heavy atom. The third-order valence-corrected chi connectivity index (χ3v) is 4.37. The van der Waals surface area contributed by atoms with E-state index in [1.165, 1.54) is 4.90 Å². The predicted molar refractivity (Wildman–Crippen MR) is 107 cm³/mol. The number of carbonyl (C=O) groups excluding carboxylic acids is 2. The van der Waals surface area contributed by atoms with E-state index >= 15 is 0 Å². The van der Waals surface area contributed by atoms with E-state index in [0.717, 1.165) is 11.3 Å². The van der Waals surface area contributed by atoms with Gasteiger partial charge >= 0.3 is 5.97 Å². The molecule has 2 aromatic carbocycles. The monoisotopic (exact) mass is 397 g/mol. The van der Waals surface area contributed by atoms with Gasteiger partial charge in [-0.3, -0.25) is 9.59 Å². The van der Waals surface area contributed by atoms with Gasteiger partial charge in [0.05, 0.1) is 17.8 Å². The lowest BCUT2D eigenvalue weighted by atomic mass is 10.1. The topological polar surface area (TPSA) is 64.4 Å². The molecule has 1 amide bonds. The maximum absolute atomic E-state index is 12.3. The first-order valence-corrected chi connectivity index (χ1v) is 9.07. The summed E-state index contributed by atoms with van der Waals surface area (Å²) in [4.78, 5) is 25.3. The third-order valence-electron chi connectivity index (χ3n) is 4.12. The van der Waals surface area contributed by atoms with Crippen LogP contribution in [0.3, 0.4) is 0 Å². The van der Waals surface area contributed by atoms with Crippen molar-refractivity contribution in [3.8, 4) is 16.9 Å². The largest absolute Gasteiger partial charge is 0.455 e. The van der Waals surface area contributed by atoms with Gasteiger partial charge in [-0.25, -0.2) is 4.68 Å². The van der Waals surface area contributed by atoms with Gasteiger partial charge in [-0.2, -0.15) is 5.10 Å². The molecule has 0 radical (unpaired) electrons. The number of hydrogen-bond acceptors (Lipinski definition) is 4. The van der Waals surface area contributed by atoms with Gasteiger partial charge in [-0.1, -0.05) is 41.9 Å². The van der Waals surface area contributed by atoms with Crippen molar-refractivity contribution in [2.24, 2.45) is 0 Å². The van der Waals surface area contributed by atoms with Crippen molar-refractivity contribution >= 4 is 23.5 Å². The van der Waals surface area contributed by atoms with Crippen LogP contribution < -0.4 is 0 Å². The summed E-state index contributed by atoms with van der Waals surface area (Å²) in [6, 6.07) is 16.9. The Morgan fingerprint density at radius 1 is 1.07 bits per heavy atom. The molecule has 0 saturated heterocycles. The highest BCUT2D eigenvalue weighted by atomic mass is 35.5. The van der Waals surface area contributed by atoms with Crippen LogP contribution in [0.25, 0.3) is 16.9 Å². The molecule has 0 aliphatic rings. The van der Waals surface area contributed by atoms with Crippen LogP contribution >= 0.6 is 11.6 Å². The van der Waals surface area contributed by atoms with Crippen molar-refractivity contribution in [3.05, 3.63) is 71.4 Å². The highest BCUT2D eigenvalue weighted by Gasteiger charge is 2.17. The highest BCUT2D eigenvalue weighted by Crippen LogP contribution is 2.26. The van der Waals surface area contributed by atoms with E-state index in [1.54, 1.807) is 37.1 Å². The molecular formula is C21H20ClN3O3. The lowest BCUT2D eigenvalue weighted by Crippen LogP contribution is -2.27. The zero-order valence-electron chi connectivity index (χ0n) is 15.6. The summed E-state index contributed by atoms with van der Waals surface area (Å²) >= 11 is 5.99. The molecule has 0 spiro atoms. The van der Waals surface area contributed by atoms with Gasteiger partial charge in [0.2, 0.25) is 0 Å². The molecular weight excluding hydrogens is 378 g/mol. The van der Waals surface area contributed by atoms with Crippen molar-refractivity contribution in [2.75, 3.05) is 20.7 Å². The first-order valence-electron chi connectivity index (χ1n) is 8.69. The molecule has 0 unspecified atom stereocenters. The Hall–Kier alpha value is -3.12. The molecule has 7 heteroatoms. The molecule has 3 aromatic rings. The summed E-state index contributed by atoms with van der Waals surface area (Å²) in [5.41, 5.74) is 3.08. The van der Waals surface area contributed by atoms with Crippen LogP contribution in [0.5, 0.6) is 0 Å². The molecule has 0 aliphatic heterocycles. The van der Waals surface area contributed by atoms with Gasteiger partial charge in [0.25, 0.3) is 5.91 Å². The standard InChI is InChI=1S/C21H20ClN3O3/c1-24(2)19(26)14-28-20(27)12-16-13-25(18-6-4-3-5-7-18)23-21(16)15-8-10-17(22)11-9-15/h3-11,13H,12,14H2,1-2H3. The molecule has 1 aromatic heterocycles. The second-order valence-electron chi connectivity index (χ2n) is 6.42. The molecule has 0 saturated carbocycles. The molecule has 0 bridgehead atoms. The van der Waals surface area contributed by atoms with E-state index in [4.69, 9.17) is 16.3 Å². The first-order chi connectivity index (χ1) is 13.4. The van der Waals surface area contributed by atoms with E-state index in [9.17, 15) is 9.59 Å². The molecule has 3 rings (SSSR count). The van der Waals surface area contributed by atoms with Crippen LogP contribution in [-0.4, -0.2) is 47.3 Å². The van der Waals surface area contributed by atoms with Crippen LogP contribution in [0.1, 0.15) is 5.56 Å². The SMILES string of the molecule is CN(C)C(=O)COC(=O)Cc1cn(-c2ccccc2)nc1-c1ccc(Cl)cc1. The number of likely N-dealkylation sites (N-methyl/N-ethyl adjacent to an activating group) is 1. The number of ether oxygens (including phenoxy) is 1. The quantitative estimate of drug-likeness (QED) is 0.598. The summed E-state index contributed by atoms with van der Waals surface area (Å²) < 4.78 is 6.83. The summed E-state index contributed by atoms with van der Waals surface area (Å²) in [5.74, 6) is -0.760. The van der Waals surface area contributed by atoms with Gasteiger partial charge in [-0.15, -0.1) is 0 Å². The fourth-order valence-electron chi connectivity index (χ4n) is 2.58. The Balaban J connectivity index is 1.87. The second-order valence-corrected chi connectivity index (χ2v) is 6.85. The fourth-order valence-corrected chi connectivity index (χ4v) is 2.71. The second kappa shape index (κ2) is 8.71. The summed E-state index contributed by atoms with van der Waals surface area (Å²) in [6.45, 7) is -0.283.